The number of rotatable bonds is 4. The summed E-state index contributed by atoms with van der Waals surface area (Å²) in [7, 11) is 0. The zero-order valence-corrected chi connectivity index (χ0v) is 14.4. The van der Waals surface area contributed by atoms with Crippen molar-refractivity contribution in [3.8, 4) is 0 Å². The van der Waals surface area contributed by atoms with E-state index in [9.17, 15) is 9.59 Å². The van der Waals surface area contributed by atoms with Crippen LogP contribution in [0.5, 0.6) is 0 Å². The molecule has 1 aromatic heterocycles. The van der Waals surface area contributed by atoms with Gasteiger partial charge in [-0.2, -0.15) is 0 Å². The number of carbonyl (C=O) groups is 2. The average molecular weight is 312 g/mol. The molecular formula is C15H24N2O3S. The number of amides is 1. The molecule has 0 aromatic carbocycles. The van der Waals surface area contributed by atoms with Crippen LogP contribution in [0.2, 0.25) is 0 Å². The fraction of sp³-hybridized carbons (Fsp3) is 0.667. The lowest BCUT2D eigenvalue weighted by Crippen LogP contribution is -2.24. The van der Waals surface area contributed by atoms with Crippen molar-refractivity contribution >= 4 is 28.3 Å². The molecular weight excluding hydrogens is 288 g/mol. The van der Waals surface area contributed by atoms with Gasteiger partial charge in [0.15, 0.2) is 5.13 Å². The van der Waals surface area contributed by atoms with Crippen LogP contribution in [0.1, 0.15) is 60.1 Å². The third kappa shape index (κ3) is 6.71. The number of anilines is 1. The van der Waals surface area contributed by atoms with Crippen LogP contribution in [0.3, 0.4) is 0 Å². The molecule has 5 nitrogen and oxygen atoms in total. The number of ether oxygens (including phenoxy) is 1. The molecule has 0 atom stereocenters. The molecule has 0 aliphatic heterocycles. The molecule has 0 saturated carbocycles. The van der Waals surface area contributed by atoms with Crippen LogP contribution in [-0.2, 0) is 19.7 Å². The molecule has 118 valence electrons. The van der Waals surface area contributed by atoms with Gasteiger partial charge in [0, 0.05) is 17.2 Å². The Hall–Kier alpha value is -1.43. The van der Waals surface area contributed by atoms with Crippen LogP contribution in [0.4, 0.5) is 5.13 Å². The van der Waals surface area contributed by atoms with Gasteiger partial charge in [-0.05, 0) is 20.8 Å². The summed E-state index contributed by atoms with van der Waals surface area (Å²) in [6, 6.07) is 0. The molecule has 0 bridgehead atoms. The zero-order chi connectivity index (χ0) is 16.3. The zero-order valence-electron chi connectivity index (χ0n) is 13.6. The molecule has 1 amide bonds. The number of carbonyl (C=O) groups excluding carboxylic acids is 2. The minimum Gasteiger partial charge on any atom is -0.460 e. The largest absolute Gasteiger partial charge is 0.460 e. The van der Waals surface area contributed by atoms with Crippen molar-refractivity contribution in [2.45, 2.75) is 65.4 Å². The predicted octanol–water partition coefficient (Wildman–Crippen LogP) is 3.50. The summed E-state index contributed by atoms with van der Waals surface area (Å²) in [5.74, 6) is -0.595. The highest BCUT2D eigenvalue weighted by Gasteiger charge is 2.19. The quantitative estimate of drug-likeness (QED) is 0.864. The first-order valence-corrected chi connectivity index (χ1v) is 7.83. The molecule has 1 aromatic rings. The number of thiazole rings is 1. The van der Waals surface area contributed by atoms with Gasteiger partial charge in [-0.25, -0.2) is 4.98 Å². The van der Waals surface area contributed by atoms with E-state index in [0.29, 0.717) is 5.13 Å². The summed E-state index contributed by atoms with van der Waals surface area (Å²) in [5.41, 5.74) is 0.371. The number of aromatic nitrogens is 1. The van der Waals surface area contributed by atoms with Gasteiger partial charge in [-0.3, -0.25) is 9.59 Å². The Bertz CT molecular complexity index is 510. The minimum absolute atomic E-state index is 0.0456. The van der Waals surface area contributed by atoms with Gasteiger partial charge in [0.05, 0.1) is 12.1 Å². The summed E-state index contributed by atoms with van der Waals surface area (Å²) < 4.78 is 5.16. The highest BCUT2D eigenvalue weighted by molar-refractivity contribution is 7.13. The Labute approximate surface area is 130 Å². The predicted molar refractivity (Wildman–Crippen MR) is 84.5 cm³/mol. The highest BCUT2D eigenvalue weighted by Crippen LogP contribution is 2.26. The fourth-order valence-corrected chi connectivity index (χ4v) is 2.42. The third-order valence-electron chi connectivity index (χ3n) is 2.50. The van der Waals surface area contributed by atoms with Crippen LogP contribution in [0, 0.1) is 0 Å². The van der Waals surface area contributed by atoms with Gasteiger partial charge in [-0.1, -0.05) is 20.8 Å². The van der Waals surface area contributed by atoms with E-state index < -0.39 is 5.60 Å². The summed E-state index contributed by atoms with van der Waals surface area (Å²) in [5, 5.41) is 5.21. The van der Waals surface area contributed by atoms with E-state index in [1.165, 1.54) is 11.3 Å². The molecule has 0 aliphatic carbocycles. The Kier molecular flexibility index (Phi) is 5.50. The number of hydrogen-bond donors (Lipinski definition) is 1. The van der Waals surface area contributed by atoms with Gasteiger partial charge in [0.1, 0.15) is 5.60 Å². The van der Waals surface area contributed by atoms with E-state index in [4.69, 9.17) is 4.74 Å². The first-order chi connectivity index (χ1) is 9.47. The maximum absolute atomic E-state index is 11.8. The highest BCUT2D eigenvalue weighted by atomic mass is 32.1. The average Bonchev–Trinajstić information content (AvgIpc) is 2.72. The lowest BCUT2D eigenvalue weighted by atomic mass is 9.93. The summed E-state index contributed by atoms with van der Waals surface area (Å²) in [6.07, 6.45) is 0.167. The molecule has 0 fully saturated rings. The van der Waals surface area contributed by atoms with Gasteiger partial charge in [-0.15, -0.1) is 11.3 Å². The first kappa shape index (κ1) is 17.6. The molecule has 0 unspecified atom stereocenters. The molecule has 1 N–H and O–H groups in total. The number of esters is 1. The van der Waals surface area contributed by atoms with E-state index in [0.717, 1.165) is 5.69 Å². The van der Waals surface area contributed by atoms with Crippen LogP contribution < -0.4 is 5.32 Å². The smallest absolute Gasteiger partial charge is 0.306 e. The van der Waals surface area contributed by atoms with Crippen molar-refractivity contribution in [2.24, 2.45) is 0 Å². The molecule has 0 radical (unpaired) electrons. The van der Waals surface area contributed by atoms with Crippen molar-refractivity contribution in [1.82, 2.24) is 4.98 Å². The van der Waals surface area contributed by atoms with Gasteiger partial charge in [0.25, 0.3) is 0 Å². The molecule has 0 saturated heterocycles. The molecule has 0 spiro atoms. The minimum atomic E-state index is -0.523. The second-order valence-electron chi connectivity index (χ2n) is 6.92. The Morgan fingerprint density at radius 1 is 1.19 bits per heavy atom. The van der Waals surface area contributed by atoms with E-state index in [1.807, 2.05) is 5.38 Å². The van der Waals surface area contributed by atoms with Crippen LogP contribution in [0.25, 0.3) is 0 Å². The maximum Gasteiger partial charge on any atom is 0.306 e. The van der Waals surface area contributed by atoms with Gasteiger partial charge >= 0.3 is 5.97 Å². The van der Waals surface area contributed by atoms with E-state index >= 15 is 0 Å². The van der Waals surface area contributed by atoms with Crippen molar-refractivity contribution in [3.05, 3.63) is 11.1 Å². The van der Waals surface area contributed by atoms with Crippen molar-refractivity contribution in [2.75, 3.05) is 5.32 Å². The van der Waals surface area contributed by atoms with Crippen LogP contribution in [-0.4, -0.2) is 22.5 Å². The Morgan fingerprint density at radius 3 is 2.29 bits per heavy atom. The topological polar surface area (TPSA) is 68.3 Å². The second-order valence-corrected chi connectivity index (χ2v) is 7.78. The summed E-state index contributed by atoms with van der Waals surface area (Å²) in [6.45, 7) is 11.6. The van der Waals surface area contributed by atoms with E-state index in [-0.39, 0.29) is 30.1 Å². The Morgan fingerprint density at radius 2 is 1.81 bits per heavy atom. The summed E-state index contributed by atoms with van der Waals surface area (Å²) in [4.78, 5) is 27.7. The summed E-state index contributed by atoms with van der Waals surface area (Å²) >= 11 is 1.39. The van der Waals surface area contributed by atoms with E-state index in [1.54, 1.807) is 20.8 Å². The number of hydrogen-bond acceptors (Lipinski definition) is 5. The monoisotopic (exact) mass is 312 g/mol. The maximum atomic E-state index is 11.8. The fourth-order valence-electron chi connectivity index (χ4n) is 1.47. The van der Waals surface area contributed by atoms with Crippen LogP contribution in [0.15, 0.2) is 5.38 Å². The second kappa shape index (κ2) is 6.56. The number of nitrogens with zero attached hydrogens (tertiary/aromatic N) is 1. The van der Waals surface area contributed by atoms with Crippen molar-refractivity contribution in [1.29, 1.82) is 0 Å². The molecule has 1 heterocycles. The van der Waals surface area contributed by atoms with Crippen molar-refractivity contribution < 1.29 is 14.3 Å². The SMILES string of the molecule is CC(C)(C)OC(=O)CCC(=O)Nc1nc(C(C)(C)C)cs1. The van der Waals surface area contributed by atoms with Crippen molar-refractivity contribution in [3.63, 3.8) is 0 Å². The lowest BCUT2D eigenvalue weighted by Gasteiger charge is -2.19. The molecule has 0 aliphatic rings. The van der Waals surface area contributed by atoms with Gasteiger partial charge in [0.2, 0.25) is 5.91 Å². The lowest BCUT2D eigenvalue weighted by molar-refractivity contribution is -0.155. The molecule has 6 heteroatoms. The third-order valence-corrected chi connectivity index (χ3v) is 3.25. The molecule has 21 heavy (non-hydrogen) atoms. The van der Waals surface area contributed by atoms with E-state index in [2.05, 4.69) is 31.1 Å². The molecule has 1 rings (SSSR count). The van der Waals surface area contributed by atoms with Crippen LogP contribution >= 0.6 is 11.3 Å². The first-order valence-electron chi connectivity index (χ1n) is 6.95. The normalized spacial score (nSPS) is 12.1. The Balaban J connectivity index is 2.44. The van der Waals surface area contributed by atoms with Gasteiger partial charge < -0.3 is 10.1 Å². The standard InChI is InChI=1S/C15H24N2O3S/c1-14(2,3)10-9-21-13(16-10)17-11(18)7-8-12(19)20-15(4,5)6/h9H,7-8H2,1-6H3,(H,16,17,18). The number of nitrogens with one attached hydrogen (secondary N) is 1.